The summed E-state index contributed by atoms with van der Waals surface area (Å²) in [5.74, 6) is 0.127. The molecule has 28 heavy (non-hydrogen) atoms. The lowest BCUT2D eigenvalue weighted by molar-refractivity contribution is -0.122. The molecule has 3 rings (SSSR count). The maximum absolute atomic E-state index is 12.4. The zero-order valence-electron chi connectivity index (χ0n) is 15.3. The van der Waals surface area contributed by atoms with Crippen LogP contribution in [-0.4, -0.2) is 28.8 Å². The Bertz CT molecular complexity index is 887. The summed E-state index contributed by atoms with van der Waals surface area (Å²) in [5, 5.41) is 6.09. The van der Waals surface area contributed by atoms with Crippen molar-refractivity contribution in [3.63, 3.8) is 0 Å². The van der Waals surface area contributed by atoms with Crippen molar-refractivity contribution < 1.29 is 14.3 Å². The zero-order valence-corrected chi connectivity index (χ0v) is 16.8. The Morgan fingerprint density at radius 1 is 1.25 bits per heavy atom. The first-order valence-electron chi connectivity index (χ1n) is 8.88. The van der Waals surface area contributed by atoms with Crippen molar-refractivity contribution >= 4 is 51.7 Å². The summed E-state index contributed by atoms with van der Waals surface area (Å²) >= 11 is 7.10. The van der Waals surface area contributed by atoms with Gasteiger partial charge in [0.15, 0.2) is 5.17 Å². The normalized spacial score (nSPS) is 17.4. The predicted molar refractivity (Wildman–Crippen MR) is 114 cm³/mol. The fourth-order valence-electron chi connectivity index (χ4n) is 2.50. The van der Waals surface area contributed by atoms with E-state index in [1.165, 1.54) is 11.8 Å². The van der Waals surface area contributed by atoms with Gasteiger partial charge in [-0.3, -0.25) is 9.59 Å². The summed E-state index contributed by atoms with van der Waals surface area (Å²) in [6.07, 6.45) is 0.912. The fourth-order valence-corrected chi connectivity index (χ4v) is 3.62. The highest BCUT2D eigenvalue weighted by molar-refractivity contribution is 8.15. The Kier molecular flexibility index (Phi) is 6.95. The SMILES string of the molecule is CCCOc1ccccc1NC(=O)C[C@H]1SC(=Nc2ccc(Cl)cc2)NC1=O. The summed E-state index contributed by atoms with van der Waals surface area (Å²) in [4.78, 5) is 29.0. The van der Waals surface area contributed by atoms with Crippen LogP contribution in [0.15, 0.2) is 53.5 Å². The maximum atomic E-state index is 12.4. The van der Waals surface area contributed by atoms with Gasteiger partial charge in [-0.2, -0.15) is 0 Å². The number of anilines is 1. The number of thioether (sulfide) groups is 1. The number of amidine groups is 1. The number of hydrogen-bond donors (Lipinski definition) is 2. The Hall–Kier alpha value is -2.51. The van der Waals surface area contributed by atoms with E-state index >= 15 is 0 Å². The number of ether oxygens (including phenoxy) is 1. The minimum absolute atomic E-state index is 0.0399. The number of rotatable bonds is 7. The van der Waals surface area contributed by atoms with E-state index in [4.69, 9.17) is 16.3 Å². The van der Waals surface area contributed by atoms with Crippen LogP contribution in [0.2, 0.25) is 5.02 Å². The van der Waals surface area contributed by atoms with E-state index in [1.807, 2.05) is 19.1 Å². The van der Waals surface area contributed by atoms with Crippen LogP contribution in [0.5, 0.6) is 5.75 Å². The molecule has 8 heteroatoms. The first-order valence-corrected chi connectivity index (χ1v) is 10.1. The summed E-state index contributed by atoms with van der Waals surface area (Å²) < 4.78 is 5.64. The van der Waals surface area contributed by atoms with Crippen LogP contribution >= 0.6 is 23.4 Å². The Morgan fingerprint density at radius 3 is 2.75 bits per heavy atom. The van der Waals surface area contributed by atoms with Crippen LogP contribution in [0.1, 0.15) is 19.8 Å². The lowest BCUT2D eigenvalue weighted by Gasteiger charge is -2.12. The van der Waals surface area contributed by atoms with E-state index < -0.39 is 5.25 Å². The molecule has 0 radical (unpaired) electrons. The van der Waals surface area contributed by atoms with E-state index in [-0.39, 0.29) is 18.2 Å². The van der Waals surface area contributed by atoms with Gasteiger partial charge in [-0.25, -0.2) is 4.99 Å². The molecule has 0 spiro atoms. The molecule has 1 heterocycles. The largest absolute Gasteiger partial charge is 0.491 e. The molecule has 2 aromatic carbocycles. The van der Waals surface area contributed by atoms with E-state index in [0.717, 1.165) is 6.42 Å². The van der Waals surface area contributed by atoms with Gasteiger partial charge in [-0.1, -0.05) is 42.4 Å². The van der Waals surface area contributed by atoms with Gasteiger partial charge < -0.3 is 15.4 Å². The highest BCUT2D eigenvalue weighted by Crippen LogP contribution is 2.28. The molecular formula is C20H20ClN3O3S. The highest BCUT2D eigenvalue weighted by atomic mass is 35.5. The Morgan fingerprint density at radius 2 is 2.00 bits per heavy atom. The van der Waals surface area contributed by atoms with Crippen molar-refractivity contribution in [1.82, 2.24) is 5.32 Å². The number of benzene rings is 2. The molecular weight excluding hydrogens is 398 g/mol. The number of carbonyl (C=O) groups is 2. The van der Waals surface area contributed by atoms with Crippen LogP contribution in [0.4, 0.5) is 11.4 Å². The van der Waals surface area contributed by atoms with Crippen LogP contribution in [0.3, 0.4) is 0 Å². The minimum Gasteiger partial charge on any atom is -0.491 e. The number of nitrogens with one attached hydrogen (secondary N) is 2. The number of para-hydroxylation sites is 2. The highest BCUT2D eigenvalue weighted by Gasteiger charge is 2.32. The summed E-state index contributed by atoms with van der Waals surface area (Å²) in [6.45, 7) is 2.58. The van der Waals surface area contributed by atoms with Crippen molar-refractivity contribution in [1.29, 1.82) is 0 Å². The van der Waals surface area contributed by atoms with Gasteiger partial charge in [0, 0.05) is 11.4 Å². The number of hydrogen-bond acceptors (Lipinski definition) is 5. The van der Waals surface area contributed by atoms with Crippen molar-refractivity contribution in [2.75, 3.05) is 11.9 Å². The molecule has 146 valence electrons. The van der Waals surface area contributed by atoms with Crippen molar-refractivity contribution in [2.24, 2.45) is 4.99 Å². The standard InChI is InChI=1S/C20H20ClN3O3S/c1-2-11-27-16-6-4-3-5-15(16)23-18(25)12-17-19(26)24-20(28-17)22-14-9-7-13(21)8-10-14/h3-10,17H,2,11-12H2,1H3,(H,23,25)(H,22,24,26)/t17-/m1/s1. The maximum Gasteiger partial charge on any atom is 0.240 e. The first kappa shape index (κ1) is 20.2. The average Bonchev–Trinajstić information content (AvgIpc) is 3.01. The Labute approximate surface area is 172 Å². The topological polar surface area (TPSA) is 79.8 Å². The van der Waals surface area contributed by atoms with E-state index in [0.29, 0.717) is 33.9 Å². The third-order valence-corrected chi connectivity index (χ3v) is 5.16. The summed E-state index contributed by atoms with van der Waals surface area (Å²) in [7, 11) is 0. The van der Waals surface area contributed by atoms with Crippen LogP contribution in [-0.2, 0) is 9.59 Å². The van der Waals surface area contributed by atoms with Gasteiger partial charge in [-0.15, -0.1) is 0 Å². The van der Waals surface area contributed by atoms with Gasteiger partial charge in [0.25, 0.3) is 0 Å². The van der Waals surface area contributed by atoms with Gasteiger partial charge in [0.2, 0.25) is 11.8 Å². The van der Waals surface area contributed by atoms with E-state index in [2.05, 4.69) is 15.6 Å². The molecule has 0 aliphatic carbocycles. The Balaban J connectivity index is 1.60. The van der Waals surface area contributed by atoms with Crippen molar-refractivity contribution in [3.8, 4) is 5.75 Å². The van der Waals surface area contributed by atoms with Crippen LogP contribution in [0, 0.1) is 0 Å². The number of nitrogens with zero attached hydrogens (tertiary/aromatic N) is 1. The van der Waals surface area contributed by atoms with Gasteiger partial charge in [0.1, 0.15) is 11.0 Å². The first-order chi connectivity index (χ1) is 13.5. The second-order valence-electron chi connectivity index (χ2n) is 6.09. The molecule has 6 nitrogen and oxygen atoms in total. The summed E-state index contributed by atoms with van der Waals surface area (Å²) in [6, 6.07) is 14.2. The van der Waals surface area contributed by atoms with Gasteiger partial charge in [0.05, 0.1) is 18.0 Å². The van der Waals surface area contributed by atoms with E-state index in [9.17, 15) is 9.59 Å². The second kappa shape index (κ2) is 9.61. The molecule has 2 aromatic rings. The monoisotopic (exact) mass is 417 g/mol. The molecule has 1 fully saturated rings. The second-order valence-corrected chi connectivity index (χ2v) is 7.71. The third-order valence-electron chi connectivity index (χ3n) is 3.83. The smallest absolute Gasteiger partial charge is 0.240 e. The third kappa shape index (κ3) is 5.50. The average molecular weight is 418 g/mol. The van der Waals surface area contributed by atoms with Gasteiger partial charge >= 0.3 is 0 Å². The molecule has 1 saturated heterocycles. The van der Waals surface area contributed by atoms with Crippen molar-refractivity contribution in [2.45, 2.75) is 25.0 Å². The van der Waals surface area contributed by atoms with Crippen LogP contribution < -0.4 is 15.4 Å². The molecule has 2 N–H and O–H groups in total. The van der Waals surface area contributed by atoms with Gasteiger partial charge in [-0.05, 0) is 42.8 Å². The molecule has 2 amide bonds. The quantitative estimate of drug-likeness (QED) is 0.700. The van der Waals surface area contributed by atoms with Crippen LogP contribution in [0.25, 0.3) is 0 Å². The molecule has 1 atom stereocenters. The lowest BCUT2D eigenvalue weighted by atomic mass is 10.2. The molecule has 0 unspecified atom stereocenters. The molecule has 1 aliphatic heterocycles. The number of aliphatic imine (C=N–C) groups is 1. The number of amides is 2. The fraction of sp³-hybridized carbons (Fsp3) is 0.250. The lowest BCUT2D eigenvalue weighted by Crippen LogP contribution is -2.28. The molecule has 0 bridgehead atoms. The number of carbonyl (C=O) groups excluding carboxylic acids is 2. The molecule has 1 aliphatic rings. The molecule has 0 saturated carbocycles. The predicted octanol–water partition coefficient (Wildman–Crippen LogP) is 4.38. The van der Waals surface area contributed by atoms with Crippen molar-refractivity contribution in [3.05, 3.63) is 53.6 Å². The zero-order chi connectivity index (χ0) is 19.9. The number of halogens is 1. The molecule has 0 aromatic heterocycles. The minimum atomic E-state index is -0.533. The summed E-state index contributed by atoms with van der Waals surface area (Å²) in [5.41, 5.74) is 1.28. The van der Waals surface area contributed by atoms with E-state index in [1.54, 1.807) is 36.4 Å².